The molecule has 1 aromatic carbocycles. The maximum atomic E-state index is 9.36. The van der Waals surface area contributed by atoms with E-state index >= 15 is 0 Å². The number of thiophene rings is 1. The molecule has 0 fully saturated rings. The Morgan fingerprint density at radius 3 is 2.70 bits per heavy atom. The molecule has 0 aliphatic carbocycles. The van der Waals surface area contributed by atoms with Crippen molar-refractivity contribution >= 4 is 38.8 Å². The average molecular weight is 345 g/mol. The van der Waals surface area contributed by atoms with Crippen molar-refractivity contribution in [3.8, 4) is 16.6 Å². The lowest BCUT2D eigenvalue weighted by atomic mass is 10.2. The predicted molar refractivity (Wildman–Crippen MR) is 84.0 cm³/mol. The Morgan fingerprint density at radius 1 is 1.25 bits per heavy atom. The number of rotatable bonds is 3. The number of hydrogen-bond donors (Lipinski definition) is 2. The molecule has 3 aromatic rings. The van der Waals surface area contributed by atoms with Crippen LogP contribution in [0.1, 0.15) is 5.56 Å². The summed E-state index contributed by atoms with van der Waals surface area (Å²) in [5.41, 5.74) is 2.16. The number of H-pyrrole nitrogens is 1. The van der Waals surface area contributed by atoms with Gasteiger partial charge in [0.2, 0.25) is 0 Å². The number of hydrogen-bond acceptors (Lipinski definition) is 4. The Labute approximate surface area is 128 Å². The van der Waals surface area contributed by atoms with Crippen molar-refractivity contribution in [3.05, 3.63) is 51.8 Å². The standard InChI is InChI=1S/C14H9BrN4S/c15-9-3-5-10(6-4-9)17-14-11(8-16)13(18-19-14)12-2-1-7-20-12/h1-7H,(H2,17,18,19). The largest absolute Gasteiger partial charge is 0.338 e. The third-order valence-electron chi connectivity index (χ3n) is 2.75. The van der Waals surface area contributed by atoms with Gasteiger partial charge in [-0.3, -0.25) is 5.10 Å². The zero-order valence-corrected chi connectivity index (χ0v) is 12.6. The van der Waals surface area contributed by atoms with Crippen LogP contribution < -0.4 is 5.32 Å². The lowest BCUT2D eigenvalue weighted by Crippen LogP contribution is -1.92. The van der Waals surface area contributed by atoms with Gasteiger partial charge in [0.1, 0.15) is 11.6 Å². The maximum Gasteiger partial charge on any atom is 0.170 e. The van der Waals surface area contributed by atoms with Crippen LogP contribution in [0.25, 0.3) is 10.6 Å². The first-order chi connectivity index (χ1) is 9.78. The summed E-state index contributed by atoms with van der Waals surface area (Å²) < 4.78 is 1.00. The summed E-state index contributed by atoms with van der Waals surface area (Å²) in [6.07, 6.45) is 0. The maximum absolute atomic E-state index is 9.36. The summed E-state index contributed by atoms with van der Waals surface area (Å²) in [6.45, 7) is 0. The van der Waals surface area contributed by atoms with Crippen LogP contribution in [0.3, 0.4) is 0 Å². The van der Waals surface area contributed by atoms with Gasteiger partial charge < -0.3 is 5.32 Å². The number of benzene rings is 1. The lowest BCUT2D eigenvalue weighted by molar-refractivity contribution is 1.10. The van der Waals surface area contributed by atoms with Crippen molar-refractivity contribution in [2.75, 3.05) is 5.32 Å². The molecule has 3 rings (SSSR count). The van der Waals surface area contributed by atoms with E-state index in [-0.39, 0.29) is 0 Å². The summed E-state index contributed by atoms with van der Waals surface area (Å²) in [5.74, 6) is 0.540. The van der Waals surface area contributed by atoms with E-state index in [1.54, 1.807) is 11.3 Å². The molecule has 0 atom stereocenters. The fourth-order valence-electron chi connectivity index (χ4n) is 1.81. The van der Waals surface area contributed by atoms with Gasteiger partial charge in [0, 0.05) is 10.2 Å². The second-order valence-electron chi connectivity index (χ2n) is 4.04. The van der Waals surface area contributed by atoms with Crippen molar-refractivity contribution in [2.45, 2.75) is 0 Å². The van der Waals surface area contributed by atoms with Crippen LogP contribution in [0.15, 0.2) is 46.3 Å². The number of nitrogens with one attached hydrogen (secondary N) is 2. The SMILES string of the molecule is N#Cc1c(Nc2ccc(Br)cc2)n[nH]c1-c1cccs1. The first kappa shape index (κ1) is 12.9. The fraction of sp³-hybridized carbons (Fsp3) is 0. The van der Waals surface area contributed by atoms with E-state index in [4.69, 9.17) is 0 Å². The highest BCUT2D eigenvalue weighted by Crippen LogP contribution is 2.30. The van der Waals surface area contributed by atoms with E-state index in [0.29, 0.717) is 11.4 Å². The van der Waals surface area contributed by atoms with Gasteiger partial charge in [0.15, 0.2) is 5.82 Å². The molecule has 0 aliphatic rings. The summed E-state index contributed by atoms with van der Waals surface area (Å²) >= 11 is 4.96. The molecule has 2 aromatic heterocycles. The van der Waals surface area contributed by atoms with Crippen molar-refractivity contribution in [2.24, 2.45) is 0 Å². The molecule has 20 heavy (non-hydrogen) atoms. The quantitative estimate of drug-likeness (QED) is 0.734. The lowest BCUT2D eigenvalue weighted by Gasteiger charge is -2.03. The number of nitrogens with zero attached hydrogens (tertiary/aromatic N) is 2. The van der Waals surface area contributed by atoms with Crippen LogP contribution in [0, 0.1) is 11.3 Å². The van der Waals surface area contributed by atoms with Crippen molar-refractivity contribution < 1.29 is 0 Å². The molecule has 0 spiro atoms. The van der Waals surface area contributed by atoms with Gasteiger partial charge in [-0.05, 0) is 35.7 Å². The van der Waals surface area contributed by atoms with E-state index < -0.39 is 0 Å². The first-order valence-corrected chi connectivity index (χ1v) is 7.50. The summed E-state index contributed by atoms with van der Waals surface area (Å²) in [7, 11) is 0. The van der Waals surface area contributed by atoms with Crippen molar-refractivity contribution in [1.82, 2.24) is 10.2 Å². The number of aromatic nitrogens is 2. The molecule has 0 aliphatic heterocycles. The normalized spacial score (nSPS) is 10.2. The molecule has 0 unspecified atom stereocenters. The third kappa shape index (κ3) is 2.46. The molecular weight excluding hydrogens is 336 g/mol. The molecule has 6 heteroatoms. The second-order valence-corrected chi connectivity index (χ2v) is 5.91. The van der Waals surface area contributed by atoms with Gasteiger partial charge in [-0.1, -0.05) is 22.0 Å². The van der Waals surface area contributed by atoms with Gasteiger partial charge in [-0.15, -0.1) is 11.3 Å². The Bertz CT molecular complexity index is 754. The van der Waals surface area contributed by atoms with E-state index in [1.807, 2.05) is 41.8 Å². The summed E-state index contributed by atoms with van der Waals surface area (Å²) in [5, 5.41) is 21.6. The number of nitriles is 1. The Morgan fingerprint density at radius 2 is 2.05 bits per heavy atom. The minimum Gasteiger partial charge on any atom is -0.338 e. The minimum absolute atomic E-state index is 0.523. The van der Waals surface area contributed by atoms with E-state index in [9.17, 15) is 5.26 Å². The van der Waals surface area contributed by atoms with E-state index in [1.165, 1.54) is 0 Å². The molecule has 0 bridgehead atoms. The third-order valence-corrected chi connectivity index (χ3v) is 4.17. The highest BCUT2D eigenvalue weighted by atomic mass is 79.9. The highest BCUT2D eigenvalue weighted by molar-refractivity contribution is 9.10. The zero-order valence-electron chi connectivity index (χ0n) is 10.2. The molecular formula is C14H9BrN4S. The summed E-state index contributed by atoms with van der Waals surface area (Å²) in [6, 6.07) is 13.8. The van der Waals surface area contributed by atoms with Gasteiger partial charge >= 0.3 is 0 Å². The van der Waals surface area contributed by atoms with Crippen LogP contribution in [-0.2, 0) is 0 Å². The highest BCUT2D eigenvalue weighted by Gasteiger charge is 2.15. The molecule has 0 saturated heterocycles. The van der Waals surface area contributed by atoms with Crippen LogP contribution in [0.5, 0.6) is 0 Å². The zero-order chi connectivity index (χ0) is 13.9. The monoisotopic (exact) mass is 344 g/mol. The molecule has 0 amide bonds. The number of aromatic amines is 1. The fourth-order valence-corrected chi connectivity index (χ4v) is 2.80. The molecule has 98 valence electrons. The number of halogens is 1. The van der Waals surface area contributed by atoms with Crippen molar-refractivity contribution in [3.63, 3.8) is 0 Å². The second kappa shape index (κ2) is 5.49. The Kier molecular flexibility index (Phi) is 3.54. The number of anilines is 2. The first-order valence-electron chi connectivity index (χ1n) is 5.83. The van der Waals surface area contributed by atoms with Crippen LogP contribution in [0.4, 0.5) is 11.5 Å². The van der Waals surface area contributed by atoms with Gasteiger partial charge in [0.05, 0.1) is 10.6 Å². The molecule has 0 radical (unpaired) electrons. The average Bonchev–Trinajstić information content (AvgIpc) is 3.10. The van der Waals surface area contributed by atoms with Gasteiger partial charge in [-0.25, -0.2) is 0 Å². The molecule has 2 heterocycles. The molecule has 2 N–H and O–H groups in total. The van der Waals surface area contributed by atoms with Gasteiger partial charge in [-0.2, -0.15) is 10.4 Å². The Hall–Kier alpha value is -2.10. The minimum atomic E-state index is 0.523. The van der Waals surface area contributed by atoms with Crippen LogP contribution >= 0.6 is 27.3 Å². The molecule has 0 saturated carbocycles. The molecule has 4 nitrogen and oxygen atoms in total. The summed E-state index contributed by atoms with van der Waals surface area (Å²) in [4.78, 5) is 0.998. The predicted octanol–water partition coefficient (Wildman–Crippen LogP) is 4.52. The van der Waals surface area contributed by atoms with E-state index in [0.717, 1.165) is 20.7 Å². The Balaban J connectivity index is 1.95. The topological polar surface area (TPSA) is 64.5 Å². The smallest absolute Gasteiger partial charge is 0.170 e. The van der Waals surface area contributed by atoms with E-state index in [2.05, 4.69) is 37.5 Å². The van der Waals surface area contributed by atoms with Gasteiger partial charge in [0.25, 0.3) is 0 Å². The van der Waals surface area contributed by atoms with Crippen LogP contribution in [0.2, 0.25) is 0 Å². The van der Waals surface area contributed by atoms with Crippen LogP contribution in [-0.4, -0.2) is 10.2 Å². The van der Waals surface area contributed by atoms with Crippen molar-refractivity contribution in [1.29, 1.82) is 5.26 Å².